The van der Waals surface area contributed by atoms with Crippen LogP contribution in [0.5, 0.6) is 0 Å². The molecule has 0 amide bonds. The lowest BCUT2D eigenvalue weighted by Gasteiger charge is -1.87. The number of carboxylic acid groups (broad SMARTS) is 1. The summed E-state index contributed by atoms with van der Waals surface area (Å²) >= 11 is 0. The van der Waals surface area contributed by atoms with Gasteiger partial charge in [0.25, 0.3) is 0 Å². The van der Waals surface area contributed by atoms with E-state index in [0.717, 1.165) is 0 Å². The van der Waals surface area contributed by atoms with E-state index in [1.54, 1.807) is 0 Å². The minimum atomic E-state index is -0.831. The van der Waals surface area contributed by atoms with Gasteiger partial charge in [-0.25, -0.2) is 4.39 Å². The molecule has 2 nitrogen and oxygen atoms in total. The molecule has 0 aromatic carbocycles. The third-order valence-electron chi connectivity index (χ3n) is 0.851. The van der Waals surface area contributed by atoms with Crippen LogP contribution in [0.1, 0.15) is 19.3 Å². The van der Waals surface area contributed by atoms with E-state index in [1.165, 1.54) is 6.08 Å². The molecule has 0 aliphatic rings. The molecule has 0 fully saturated rings. The minimum absolute atomic E-state index is 0.115. The van der Waals surface area contributed by atoms with Gasteiger partial charge in [0.1, 0.15) is 0 Å². The molecule has 0 rings (SSSR count). The number of hydrogen-bond donors (Lipinski definition) is 1. The first kappa shape index (κ1) is 8.14. The Labute approximate surface area is 53.0 Å². The highest BCUT2D eigenvalue weighted by Crippen LogP contribution is 1.95. The van der Waals surface area contributed by atoms with Gasteiger partial charge in [-0.05, 0) is 12.8 Å². The Balaban J connectivity index is 3.01. The Morgan fingerprint density at radius 2 is 2.33 bits per heavy atom. The number of aliphatic carboxylic acids is 1. The average Bonchev–Trinajstić information content (AvgIpc) is 1.80. The van der Waals surface area contributed by atoms with E-state index in [9.17, 15) is 9.18 Å². The van der Waals surface area contributed by atoms with E-state index in [1.807, 2.05) is 0 Å². The van der Waals surface area contributed by atoms with E-state index in [-0.39, 0.29) is 6.42 Å². The topological polar surface area (TPSA) is 37.3 Å². The van der Waals surface area contributed by atoms with Crippen LogP contribution in [-0.4, -0.2) is 11.1 Å². The summed E-state index contributed by atoms with van der Waals surface area (Å²) < 4.78 is 11.2. The summed E-state index contributed by atoms with van der Waals surface area (Å²) in [5.41, 5.74) is 0. The maximum atomic E-state index is 11.2. The highest BCUT2D eigenvalue weighted by Gasteiger charge is 1.92. The smallest absolute Gasteiger partial charge is 0.303 e. The van der Waals surface area contributed by atoms with Gasteiger partial charge >= 0.3 is 5.97 Å². The van der Waals surface area contributed by atoms with Crippen molar-refractivity contribution in [3.05, 3.63) is 12.4 Å². The van der Waals surface area contributed by atoms with Gasteiger partial charge < -0.3 is 5.11 Å². The lowest BCUT2D eigenvalue weighted by atomic mass is 10.2. The van der Waals surface area contributed by atoms with Gasteiger partial charge in [0, 0.05) is 6.42 Å². The SMILES string of the molecule is O=C(O)CCCC=CF. The van der Waals surface area contributed by atoms with Crippen molar-refractivity contribution in [2.24, 2.45) is 0 Å². The van der Waals surface area contributed by atoms with Gasteiger partial charge in [0.05, 0.1) is 6.33 Å². The molecule has 0 saturated heterocycles. The molecule has 0 heterocycles. The van der Waals surface area contributed by atoms with E-state index < -0.39 is 5.97 Å². The molecule has 0 aliphatic carbocycles. The average molecular weight is 132 g/mol. The lowest BCUT2D eigenvalue weighted by Crippen LogP contribution is -1.92. The Kier molecular flexibility index (Phi) is 4.78. The Morgan fingerprint density at radius 1 is 1.67 bits per heavy atom. The summed E-state index contributed by atoms with van der Waals surface area (Å²) in [6.45, 7) is 0. The summed E-state index contributed by atoms with van der Waals surface area (Å²) in [4.78, 5) is 9.84. The quantitative estimate of drug-likeness (QED) is 0.591. The van der Waals surface area contributed by atoms with Crippen molar-refractivity contribution in [3.63, 3.8) is 0 Å². The molecular weight excluding hydrogens is 123 g/mol. The van der Waals surface area contributed by atoms with Gasteiger partial charge in [-0.3, -0.25) is 4.79 Å². The molecule has 3 heteroatoms. The first-order valence-corrected chi connectivity index (χ1v) is 2.74. The first-order valence-electron chi connectivity index (χ1n) is 2.74. The van der Waals surface area contributed by atoms with Gasteiger partial charge in [-0.1, -0.05) is 6.08 Å². The van der Waals surface area contributed by atoms with Crippen molar-refractivity contribution in [1.82, 2.24) is 0 Å². The third kappa shape index (κ3) is 7.14. The van der Waals surface area contributed by atoms with Crippen LogP contribution in [0.15, 0.2) is 12.4 Å². The second-order valence-electron chi connectivity index (χ2n) is 1.65. The number of hydrogen-bond acceptors (Lipinski definition) is 1. The normalized spacial score (nSPS) is 10.3. The van der Waals surface area contributed by atoms with Gasteiger partial charge in [-0.2, -0.15) is 0 Å². The van der Waals surface area contributed by atoms with Crippen molar-refractivity contribution in [2.45, 2.75) is 19.3 Å². The summed E-state index contributed by atoms with van der Waals surface area (Å²) in [6, 6.07) is 0. The van der Waals surface area contributed by atoms with Crippen molar-refractivity contribution in [1.29, 1.82) is 0 Å². The monoisotopic (exact) mass is 132 g/mol. The standard InChI is InChI=1S/C6H9FO2/c7-5-3-1-2-4-6(8)9/h3,5H,1-2,4H2,(H,8,9). The zero-order chi connectivity index (χ0) is 7.11. The van der Waals surface area contributed by atoms with Crippen LogP contribution in [0, 0.1) is 0 Å². The fourth-order valence-corrected chi connectivity index (χ4v) is 0.434. The predicted molar refractivity (Wildman–Crippen MR) is 31.7 cm³/mol. The van der Waals surface area contributed by atoms with Crippen LogP contribution in [0.2, 0.25) is 0 Å². The molecule has 0 aromatic rings. The minimum Gasteiger partial charge on any atom is -0.481 e. The Bertz CT molecular complexity index is 110. The van der Waals surface area contributed by atoms with Crippen molar-refractivity contribution >= 4 is 5.97 Å². The van der Waals surface area contributed by atoms with Crippen LogP contribution in [0.4, 0.5) is 4.39 Å². The summed E-state index contributed by atoms with van der Waals surface area (Å²) in [5.74, 6) is -0.831. The molecular formula is C6H9FO2. The molecule has 0 atom stereocenters. The maximum Gasteiger partial charge on any atom is 0.303 e. The highest BCUT2D eigenvalue weighted by molar-refractivity contribution is 5.66. The van der Waals surface area contributed by atoms with Crippen LogP contribution in [0.3, 0.4) is 0 Å². The van der Waals surface area contributed by atoms with Crippen LogP contribution in [-0.2, 0) is 4.79 Å². The van der Waals surface area contributed by atoms with Crippen molar-refractivity contribution < 1.29 is 14.3 Å². The van der Waals surface area contributed by atoms with Crippen LogP contribution < -0.4 is 0 Å². The van der Waals surface area contributed by atoms with Crippen LogP contribution in [0.25, 0.3) is 0 Å². The first-order chi connectivity index (χ1) is 4.27. The molecule has 0 radical (unpaired) electrons. The molecule has 9 heavy (non-hydrogen) atoms. The van der Waals surface area contributed by atoms with Gasteiger partial charge in [0.15, 0.2) is 0 Å². The fourth-order valence-electron chi connectivity index (χ4n) is 0.434. The molecule has 52 valence electrons. The highest BCUT2D eigenvalue weighted by atomic mass is 19.1. The summed E-state index contributed by atoms with van der Waals surface area (Å²) in [5, 5.41) is 8.09. The van der Waals surface area contributed by atoms with E-state index in [2.05, 4.69) is 0 Å². The Morgan fingerprint density at radius 3 is 2.78 bits per heavy atom. The molecule has 1 N–H and O–H groups in total. The molecule has 0 bridgehead atoms. The number of rotatable bonds is 4. The number of unbranched alkanes of at least 4 members (excludes halogenated alkanes) is 1. The van der Waals surface area contributed by atoms with E-state index in [4.69, 9.17) is 5.11 Å². The lowest BCUT2D eigenvalue weighted by molar-refractivity contribution is -0.137. The fraction of sp³-hybridized carbons (Fsp3) is 0.500. The summed E-state index contributed by atoms with van der Waals surface area (Å²) in [7, 11) is 0. The number of carbonyl (C=O) groups is 1. The van der Waals surface area contributed by atoms with E-state index >= 15 is 0 Å². The summed E-state index contributed by atoms with van der Waals surface area (Å²) in [6.07, 6.45) is 2.87. The molecule has 0 spiro atoms. The second-order valence-corrected chi connectivity index (χ2v) is 1.65. The maximum absolute atomic E-state index is 11.2. The van der Waals surface area contributed by atoms with Gasteiger partial charge in [0.2, 0.25) is 0 Å². The number of halogens is 1. The van der Waals surface area contributed by atoms with E-state index in [0.29, 0.717) is 19.2 Å². The predicted octanol–water partition coefficient (Wildman–Crippen LogP) is 1.72. The third-order valence-corrected chi connectivity index (χ3v) is 0.851. The number of carboxylic acids is 1. The molecule has 0 aliphatic heterocycles. The van der Waals surface area contributed by atoms with Gasteiger partial charge in [-0.15, -0.1) is 0 Å². The van der Waals surface area contributed by atoms with Crippen LogP contribution >= 0.6 is 0 Å². The number of allylic oxidation sites excluding steroid dienone is 1. The zero-order valence-corrected chi connectivity index (χ0v) is 5.01. The molecule has 0 saturated carbocycles. The molecule has 0 aromatic heterocycles. The zero-order valence-electron chi connectivity index (χ0n) is 5.01. The van der Waals surface area contributed by atoms with Crippen molar-refractivity contribution in [3.8, 4) is 0 Å². The van der Waals surface area contributed by atoms with Crippen molar-refractivity contribution in [2.75, 3.05) is 0 Å². The molecule has 0 unspecified atom stereocenters. The largest absolute Gasteiger partial charge is 0.481 e. The second kappa shape index (κ2) is 5.28. The Hall–Kier alpha value is -0.860.